The lowest BCUT2D eigenvalue weighted by molar-refractivity contribution is 0.0323. The summed E-state index contributed by atoms with van der Waals surface area (Å²) < 4.78 is 0. The molecule has 1 aromatic rings. The number of aliphatic hydroxyl groups is 1. The highest BCUT2D eigenvalue weighted by atomic mass is 16.3. The van der Waals surface area contributed by atoms with Crippen molar-refractivity contribution >= 4 is 0 Å². The van der Waals surface area contributed by atoms with Gasteiger partial charge < -0.3 is 10.4 Å². The molecule has 0 unspecified atom stereocenters. The highest BCUT2D eigenvalue weighted by Crippen LogP contribution is 2.13. The van der Waals surface area contributed by atoms with Crippen LogP contribution in [0, 0.1) is 11.3 Å². The molecule has 92 valence electrons. The van der Waals surface area contributed by atoms with Gasteiger partial charge in [0.05, 0.1) is 17.2 Å². The summed E-state index contributed by atoms with van der Waals surface area (Å²) in [6.07, 6.45) is 1.49. The van der Waals surface area contributed by atoms with Crippen LogP contribution in [0.1, 0.15) is 37.8 Å². The van der Waals surface area contributed by atoms with Crippen molar-refractivity contribution in [1.29, 1.82) is 5.26 Å². The van der Waals surface area contributed by atoms with E-state index < -0.39 is 5.60 Å². The van der Waals surface area contributed by atoms with E-state index in [-0.39, 0.29) is 0 Å². The predicted molar refractivity (Wildman–Crippen MR) is 68.4 cm³/mol. The van der Waals surface area contributed by atoms with E-state index in [1.807, 2.05) is 32.0 Å². The number of nitrogens with one attached hydrogen (secondary N) is 1. The quantitative estimate of drug-likeness (QED) is 0.790. The Bertz CT molecular complexity index is 391. The Morgan fingerprint density at radius 3 is 2.65 bits per heavy atom. The van der Waals surface area contributed by atoms with Crippen molar-refractivity contribution in [2.24, 2.45) is 0 Å². The summed E-state index contributed by atoms with van der Waals surface area (Å²) in [4.78, 5) is 0. The molecule has 1 rings (SSSR count). The van der Waals surface area contributed by atoms with Crippen LogP contribution < -0.4 is 5.32 Å². The van der Waals surface area contributed by atoms with Crippen LogP contribution in [0.15, 0.2) is 24.3 Å². The zero-order valence-corrected chi connectivity index (χ0v) is 10.5. The van der Waals surface area contributed by atoms with Gasteiger partial charge in [0.1, 0.15) is 0 Å². The maximum Gasteiger partial charge on any atom is 0.0991 e. The SMILES string of the molecule is CCC(O)(CC)CNCc1cccc(C#N)c1. The van der Waals surface area contributed by atoms with Gasteiger partial charge in [-0.1, -0.05) is 26.0 Å². The van der Waals surface area contributed by atoms with E-state index in [0.29, 0.717) is 18.7 Å². The van der Waals surface area contributed by atoms with Crippen molar-refractivity contribution in [3.05, 3.63) is 35.4 Å². The van der Waals surface area contributed by atoms with Crippen LogP contribution in [0.2, 0.25) is 0 Å². The van der Waals surface area contributed by atoms with E-state index in [2.05, 4.69) is 11.4 Å². The fourth-order valence-electron chi connectivity index (χ4n) is 1.69. The van der Waals surface area contributed by atoms with Gasteiger partial charge in [0.25, 0.3) is 0 Å². The van der Waals surface area contributed by atoms with E-state index in [0.717, 1.165) is 18.4 Å². The lowest BCUT2D eigenvalue weighted by Gasteiger charge is -2.25. The Hall–Kier alpha value is -1.37. The molecule has 0 aliphatic rings. The molecule has 0 saturated carbocycles. The van der Waals surface area contributed by atoms with Crippen LogP contribution in [0.3, 0.4) is 0 Å². The third-order valence-electron chi connectivity index (χ3n) is 3.16. The predicted octanol–water partition coefficient (Wildman–Crippen LogP) is 2.20. The molecular formula is C14H20N2O. The fraction of sp³-hybridized carbons (Fsp3) is 0.500. The molecule has 0 bridgehead atoms. The molecule has 0 spiro atoms. The summed E-state index contributed by atoms with van der Waals surface area (Å²) in [6, 6.07) is 9.63. The zero-order chi connectivity index (χ0) is 12.7. The second kappa shape index (κ2) is 6.39. The molecule has 3 nitrogen and oxygen atoms in total. The van der Waals surface area contributed by atoms with Crippen LogP contribution in [0.4, 0.5) is 0 Å². The van der Waals surface area contributed by atoms with Gasteiger partial charge in [-0.05, 0) is 30.5 Å². The first-order valence-corrected chi connectivity index (χ1v) is 6.05. The number of benzene rings is 1. The van der Waals surface area contributed by atoms with E-state index >= 15 is 0 Å². The largest absolute Gasteiger partial charge is 0.389 e. The highest BCUT2D eigenvalue weighted by molar-refractivity contribution is 5.32. The number of nitriles is 1. The topological polar surface area (TPSA) is 56.0 Å². The van der Waals surface area contributed by atoms with E-state index in [1.54, 1.807) is 6.07 Å². The van der Waals surface area contributed by atoms with Gasteiger partial charge in [-0.3, -0.25) is 0 Å². The summed E-state index contributed by atoms with van der Waals surface area (Å²) in [5.74, 6) is 0. The number of nitrogens with zero attached hydrogens (tertiary/aromatic N) is 1. The molecule has 0 amide bonds. The second-order valence-electron chi connectivity index (χ2n) is 4.35. The fourth-order valence-corrected chi connectivity index (χ4v) is 1.69. The molecule has 0 aliphatic heterocycles. The van der Waals surface area contributed by atoms with E-state index in [9.17, 15) is 5.11 Å². The number of hydrogen-bond acceptors (Lipinski definition) is 3. The maximum atomic E-state index is 10.1. The lowest BCUT2D eigenvalue weighted by Crippen LogP contribution is -2.39. The molecule has 1 aromatic carbocycles. The average Bonchev–Trinajstić information content (AvgIpc) is 2.39. The summed E-state index contributed by atoms with van der Waals surface area (Å²) in [6.45, 7) is 5.23. The third-order valence-corrected chi connectivity index (χ3v) is 3.16. The standard InChI is InChI=1S/C14H20N2O/c1-3-14(17,4-2)11-16-10-13-7-5-6-12(8-13)9-15/h5-8,16-17H,3-4,10-11H2,1-2H3. The van der Waals surface area contributed by atoms with Crippen molar-refractivity contribution in [1.82, 2.24) is 5.32 Å². The number of rotatable bonds is 6. The van der Waals surface area contributed by atoms with Gasteiger partial charge in [-0.25, -0.2) is 0 Å². The van der Waals surface area contributed by atoms with Crippen LogP contribution in [-0.2, 0) is 6.54 Å². The van der Waals surface area contributed by atoms with Crippen molar-refractivity contribution < 1.29 is 5.11 Å². The molecule has 0 radical (unpaired) electrons. The van der Waals surface area contributed by atoms with Crippen LogP contribution in [-0.4, -0.2) is 17.3 Å². The number of hydrogen-bond donors (Lipinski definition) is 2. The molecule has 0 atom stereocenters. The minimum atomic E-state index is -0.618. The third kappa shape index (κ3) is 4.18. The van der Waals surface area contributed by atoms with E-state index in [4.69, 9.17) is 5.26 Å². The minimum absolute atomic E-state index is 0.580. The van der Waals surface area contributed by atoms with Crippen molar-refractivity contribution in [2.45, 2.75) is 38.8 Å². The smallest absolute Gasteiger partial charge is 0.0991 e. The van der Waals surface area contributed by atoms with Gasteiger partial charge in [0.15, 0.2) is 0 Å². The molecule has 0 saturated heterocycles. The summed E-state index contributed by atoms with van der Waals surface area (Å²) in [5, 5.41) is 22.1. The van der Waals surface area contributed by atoms with Gasteiger partial charge in [0, 0.05) is 13.1 Å². The summed E-state index contributed by atoms with van der Waals surface area (Å²) >= 11 is 0. The van der Waals surface area contributed by atoms with Gasteiger partial charge in [-0.15, -0.1) is 0 Å². The highest BCUT2D eigenvalue weighted by Gasteiger charge is 2.20. The summed E-state index contributed by atoms with van der Waals surface area (Å²) in [7, 11) is 0. The Balaban J connectivity index is 2.48. The van der Waals surface area contributed by atoms with Gasteiger partial charge in [-0.2, -0.15) is 5.26 Å². The first-order chi connectivity index (χ1) is 8.13. The van der Waals surface area contributed by atoms with Crippen molar-refractivity contribution in [3.8, 4) is 6.07 Å². The second-order valence-corrected chi connectivity index (χ2v) is 4.35. The monoisotopic (exact) mass is 232 g/mol. The Kier molecular flexibility index (Phi) is 5.14. The van der Waals surface area contributed by atoms with Gasteiger partial charge in [0.2, 0.25) is 0 Å². The van der Waals surface area contributed by atoms with Crippen LogP contribution >= 0.6 is 0 Å². The molecule has 0 heterocycles. The Morgan fingerprint density at radius 1 is 1.35 bits per heavy atom. The minimum Gasteiger partial charge on any atom is -0.389 e. The molecule has 2 N–H and O–H groups in total. The lowest BCUT2D eigenvalue weighted by atomic mass is 9.97. The Morgan fingerprint density at radius 2 is 2.06 bits per heavy atom. The first-order valence-electron chi connectivity index (χ1n) is 6.05. The molecule has 0 fully saturated rings. The molecule has 3 heteroatoms. The normalized spacial score (nSPS) is 11.2. The van der Waals surface area contributed by atoms with Crippen molar-refractivity contribution in [3.63, 3.8) is 0 Å². The molecule has 0 aliphatic carbocycles. The van der Waals surface area contributed by atoms with E-state index in [1.165, 1.54) is 0 Å². The molecule has 0 aromatic heterocycles. The Labute approximate surface area is 103 Å². The van der Waals surface area contributed by atoms with Crippen LogP contribution in [0.5, 0.6) is 0 Å². The summed E-state index contributed by atoms with van der Waals surface area (Å²) in [5.41, 5.74) is 1.12. The molecular weight excluding hydrogens is 212 g/mol. The maximum absolute atomic E-state index is 10.1. The first kappa shape index (κ1) is 13.7. The average molecular weight is 232 g/mol. The zero-order valence-electron chi connectivity index (χ0n) is 10.5. The van der Waals surface area contributed by atoms with Crippen molar-refractivity contribution in [2.75, 3.05) is 6.54 Å². The van der Waals surface area contributed by atoms with Gasteiger partial charge >= 0.3 is 0 Å². The van der Waals surface area contributed by atoms with Crippen LogP contribution in [0.25, 0.3) is 0 Å². The molecule has 17 heavy (non-hydrogen) atoms.